The Kier molecular flexibility index (Phi) is 7.42. The molecule has 1 N–H and O–H groups in total. The molecule has 0 bridgehead atoms. The minimum Gasteiger partial charge on any atom is -0.493 e. The van der Waals surface area contributed by atoms with Gasteiger partial charge in [0.05, 0.1) is 42.5 Å². The Morgan fingerprint density at radius 1 is 1.35 bits per heavy atom. The first-order chi connectivity index (χ1) is 14.8. The second-order valence-electron chi connectivity index (χ2n) is 7.64. The lowest BCUT2D eigenvalue weighted by Gasteiger charge is -2.40. The molecule has 1 aliphatic heterocycles. The number of benzene rings is 1. The van der Waals surface area contributed by atoms with Crippen LogP contribution in [0.2, 0.25) is 0 Å². The molecule has 10 nitrogen and oxygen atoms in total. The fourth-order valence-electron chi connectivity index (χ4n) is 3.29. The van der Waals surface area contributed by atoms with E-state index in [1.54, 1.807) is 5.51 Å². The number of nitro groups is 1. The molecular weight excluding hydrogens is 424 g/mol. The van der Waals surface area contributed by atoms with Crippen LogP contribution >= 0.6 is 11.3 Å². The molecule has 0 saturated carbocycles. The summed E-state index contributed by atoms with van der Waals surface area (Å²) in [7, 11) is 1.42. The van der Waals surface area contributed by atoms with Crippen LogP contribution in [0, 0.1) is 10.1 Å². The number of thiazole rings is 1. The van der Waals surface area contributed by atoms with Gasteiger partial charge in [0.1, 0.15) is 12.2 Å². The van der Waals surface area contributed by atoms with E-state index in [1.807, 2.05) is 19.2 Å². The molecule has 168 valence electrons. The van der Waals surface area contributed by atoms with Gasteiger partial charge in [0, 0.05) is 36.6 Å². The maximum Gasteiger partial charge on any atom is 0.286 e. The number of methoxy groups -OCH3 is 1. The fraction of sp³-hybridized carbons (Fsp3) is 0.500. The number of carbonyl (C=O) groups is 1. The Hall–Kier alpha value is -2.76. The van der Waals surface area contributed by atoms with Crippen LogP contribution in [-0.4, -0.2) is 66.2 Å². The van der Waals surface area contributed by atoms with Gasteiger partial charge in [-0.3, -0.25) is 19.8 Å². The highest BCUT2D eigenvalue weighted by atomic mass is 32.1. The molecule has 0 unspecified atom stereocenters. The number of ether oxygens (including phenoxy) is 3. The first-order valence-electron chi connectivity index (χ1n) is 9.79. The van der Waals surface area contributed by atoms with E-state index in [1.165, 1.54) is 30.6 Å². The Morgan fingerprint density at radius 3 is 2.71 bits per heavy atom. The van der Waals surface area contributed by atoms with E-state index in [2.05, 4.69) is 15.2 Å². The fourth-order valence-corrected chi connectivity index (χ4v) is 3.83. The van der Waals surface area contributed by atoms with Crippen LogP contribution in [0.3, 0.4) is 0 Å². The van der Waals surface area contributed by atoms with Crippen molar-refractivity contribution >= 4 is 22.9 Å². The molecule has 0 atom stereocenters. The lowest BCUT2D eigenvalue weighted by atomic mass is 10.0. The second kappa shape index (κ2) is 10.0. The van der Waals surface area contributed by atoms with Crippen LogP contribution in [0.5, 0.6) is 11.5 Å². The minimum atomic E-state index is -0.600. The summed E-state index contributed by atoms with van der Waals surface area (Å²) in [6.07, 6.45) is 0. The Morgan fingerprint density at radius 2 is 2.10 bits per heavy atom. The summed E-state index contributed by atoms with van der Waals surface area (Å²) >= 11 is 1.42. The highest BCUT2D eigenvalue weighted by molar-refractivity contribution is 7.07. The molecule has 0 aliphatic carbocycles. The molecule has 1 aromatic heterocycles. The summed E-state index contributed by atoms with van der Waals surface area (Å²) in [5.74, 6) is -0.136. The Labute approximate surface area is 184 Å². The molecule has 0 radical (unpaired) electrons. The van der Waals surface area contributed by atoms with Crippen LogP contribution in [0.1, 0.15) is 29.9 Å². The van der Waals surface area contributed by atoms with Crippen molar-refractivity contribution in [2.24, 2.45) is 0 Å². The minimum absolute atomic E-state index is 0.0827. The van der Waals surface area contributed by atoms with Crippen molar-refractivity contribution in [3.8, 4) is 11.5 Å². The first-order valence-corrected chi connectivity index (χ1v) is 10.7. The molecule has 2 heterocycles. The van der Waals surface area contributed by atoms with Crippen molar-refractivity contribution in [1.29, 1.82) is 0 Å². The van der Waals surface area contributed by atoms with Gasteiger partial charge < -0.3 is 19.5 Å². The van der Waals surface area contributed by atoms with Crippen molar-refractivity contribution in [2.75, 3.05) is 40.0 Å². The number of carbonyl (C=O) groups excluding carboxylic acids is 1. The molecular formula is C20H26N4O6S. The maximum absolute atomic E-state index is 12.9. The van der Waals surface area contributed by atoms with Crippen LogP contribution in [0.25, 0.3) is 0 Å². The van der Waals surface area contributed by atoms with Crippen molar-refractivity contribution in [3.63, 3.8) is 0 Å². The number of hydrogen-bond acceptors (Lipinski definition) is 9. The van der Waals surface area contributed by atoms with Gasteiger partial charge in [0.2, 0.25) is 0 Å². The van der Waals surface area contributed by atoms with E-state index in [0.29, 0.717) is 25.5 Å². The summed E-state index contributed by atoms with van der Waals surface area (Å²) in [5.41, 5.74) is 1.61. The first kappa shape index (κ1) is 22.9. The van der Waals surface area contributed by atoms with E-state index in [-0.39, 0.29) is 34.9 Å². The smallest absolute Gasteiger partial charge is 0.286 e. The molecule has 1 amide bonds. The van der Waals surface area contributed by atoms with Crippen LogP contribution in [0.4, 0.5) is 5.69 Å². The van der Waals surface area contributed by atoms with E-state index < -0.39 is 10.8 Å². The summed E-state index contributed by atoms with van der Waals surface area (Å²) in [4.78, 5) is 30.3. The predicted molar refractivity (Wildman–Crippen MR) is 115 cm³/mol. The highest BCUT2D eigenvalue weighted by Gasteiger charge is 2.30. The van der Waals surface area contributed by atoms with Gasteiger partial charge in [-0.1, -0.05) is 0 Å². The molecule has 3 rings (SSSR count). The number of amides is 1. The van der Waals surface area contributed by atoms with Gasteiger partial charge >= 0.3 is 0 Å². The van der Waals surface area contributed by atoms with Gasteiger partial charge in [-0.25, -0.2) is 4.98 Å². The Balaban J connectivity index is 1.76. The van der Waals surface area contributed by atoms with Crippen molar-refractivity contribution in [2.45, 2.75) is 26.0 Å². The molecule has 31 heavy (non-hydrogen) atoms. The second-order valence-corrected chi connectivity index (χ2v) is 8.36. The SMILES string of the molecule is COc1cc(C(=O)NCC(C)(C)N2CCOCC2)c([N+](=O)[O-])cc1OCc1cscn1. The van der Waals surface area contributed by atoms with Crippen molar-refractivity contribution in [1.82, 2.24) is 15.2 Å². The number of nitrogens with zero attached hydrogens (tertiary/aromatic N) is 3. The van der Waals surface area contributed by atoms with Gasteiger partial charge in [-0.2, -0.15) is 0 Å². The monoisotopic (exact) mass is 450 g/mol. The van der Waals surface area contributed by atoms with E-state index in [9.17, 15) is 14.9 Å². The molecule has 1 aliphatic rings. The van der Waals surface area contributed by atoms with E-state index >= 15 is 0 Å². The highest BCUT2D eigenvalue weighted by Crippen LogP contribution is 2.35. The summed E-state index contributed by atoms with van der Waals surface area (Å²) in [6, 6.07) is 2.55. The molecule has 1 saturated heterocycles. The number of nitro benzene ring substituents is 1. The summed E-state index contributed by atoms with van der Waals surface area (Å²) in [5, 5.41) is 16.3. The third-order valence-corrected chi connectivity index (χ3v) is 5.77. The third kappa shape index (κ3) is 5.69. The van der Waals surface area contributed by atoms with Crippen LogP contribution < -0.4 is 14.8 Å². The maximum atomic E-state index is 12.9. The average Bonchev–Trinajstić information content (AvgIpc) is 3.29. The van der Waals surface area contributed by atoms with Gasteiger partial charge in [0.25, 0.3) is 11.6 Å². The van der Waals surface area contributed by atoms with Crippen molar-refractivity contribution < 1.29 is 23.9 Å². The van der Waals surface area contributed by atoms with Crippen LogP contribution in [-0.2, 0) is 11.3 Å². The van der Waals surface area contributed by atoms with Crippen LogP contribution in [0.15, 0.2) is 23.0 Å². The summed E-state index contributed by atoms with van der Waals surface area (Å²) < 4.78 is 16.3. The number of aromatic nitrogens is 1. The van der Waals surface area contributed by atoms with Crippen molar-refractivity contribution in [3.05, 3.63) is 44.4 Å². The van der Waals surface area contributed by atoms with Gasteiger partial charge in [-0.05, 0) is 13.8 Å². The van der Waals surface area contributed by atoms with E-state index in [4.69, 9.17) is 14.2 Å². The molecule has 2 aromatic rings. The zero-order chi connectivity index (χ0) is 22.4. The number of rotatable bonds is 9. The third-order valence-electron chi connectivity index (χ3n) is 5.13. The zero-order valence-electron chi connectivity index (χ0n) is 17.8. The number of hydrogen-bond donors (Lipinski definition) is 1. The zero-order valence-corrected chi connectivity index (χ0v) is 18.6. The normalized spacial score (nSPS) is 14.8. The number of morpholine rings is 1. The molecule has 1 aromatic carbocycles. The Bertz CT molecular complexity index is 913. The largest absolute Gasteiger partial charge is 0.493 e. The summed E-state index contributed by atoms with van der Waals surface area (Å²) in [6.45, 7) is 7.31. The van der Waals surface area contributed by atoms with Gasteiger partial charge in [0.15, 0.2) is 11.5 Å². The van der Waals surface area contributed by atoms with E-state index in [0.717, 1.165) is 13.1 Å². The average molecular weight is 451 g/mol. The number of nitrogens with one attached hydrogen (secondary N) is 1. The lowest BCUT2D eigenvalue weighted by molar-refractivity contribution is -0.385. The standard InChI is InChI=1S/C20H26N4O6S/c1-20(2,23-4-6-29-7-5-23)12-21-19(25)15-8-17(28-3)18(9-16(15)24(26)27)30-10-14-11-31-13-22-14/h8-9,11,13H,4-7,10,12H2,1-3H3,(H,21,25). The quantitative estimate of drug-likeness (QED) is 0.458. The topological polar surface area (TPSA) is 116 Å². The predicted octanol–water partition coefficient (Wildman–Crippen LogP) is 2.48. The lowest BCUT2D eigenvalue weighted by Crippen LogP contribution is -2.55. The molecule has 11 heteroatoms. The van der Waals surface area contributed by atoms with Gasteiger partial charge in [-0.15, -0.1) is 11.3 Å². The molecule has 1 fully saturated rings. The molecule has 0 spiro atoms.